The van der Waals surface area contributed by atoms with E-state index in [9.17, 15) is 10.1 Å². The van der Waals surface area contributed by atoms with Crippen LogP contribution >= 0.6 is 24.0 Å². The Labute approximate surface area is 193 Å². The van der Waals surface area contributed by atoms with Gasteiger partial charge in [-0.1, -0.05) is 30.3 Å². The van der Waals surface area contributed by atoms with E-state index in [1.807, 2.05) is 24.3 Å². The molecule has 1 heterocycles. The van der Waals surface area contributed by atoms with Crippen LogP contribution in [-0.4, -0.2) is 37.2 Å². The van der Waals surface area contributed by atoms with Crippen LogP contribution in [0.4, 0.5) is 5.69 Å². The second-order valence-electron chi connectivity index (χ2n) is 6.77. The Kier molecular flexibility index (Phi) is 9.81. The van der Waals surface area contributed by atoms with E-state index < -0.39 is 4.92 Å². The maximum Gasteiger partial charge on any atom is 0.269 e. The number of methoxy groups -OCH3 is 1. The molecule has 0 spiro atoms. The van der Waals surface area contributed by atoms with Crippen LogP contribution < -0.4 is 15.4 Å². The molecule has 2 N–H and O–H groups in total. The van der Waals surface area contributed by atoms with Crippen LogP contribution in [0, 0.1) is 10.1 Å². The van der Waals surface area contributed by atoms with Crippen molar-refractivity contribution in [2.45, 2.75) is 32.0 Å². The summed E-state index contributed by atoms with van der Waals surface area (Å²) in [4.78, 5) is 15.0. The van der Waals surface area contributed by atoms with Crippen LogP contribution in [0.3, 0.4) is 0 Å². The van der Waals surface area contributed by atoms with Gasteiger partial charge in [-0.25, -0.2) is 4.99 Å². The Morgan fingerprint density at radius 1 is 1.23 bits per heavy atom. The quantitative estimate of drug-likeness (QED) is 0.179. The maximum absolute atomic E-state index is 10.8. The monoisotopic (exact) mass is 526 g/mol. The Balaban J connectivity index is 0.00000320. The zero-order chi connectivity index (χ0) is 20.5. The number of ether oxygens (including phenoxy) is 2. The van der Waals surface area contributed by atoms with E-state index in [0.29, 0.717) is 25.6 Å². The highest BCUT2D eigenvalue weighted by atomic mass is 127. The second-order valence-corrected chi connectivity index (χ2v) is 6.77. The number of nitro benzene ring substituents is 1. The normalized spacial score (nSPS) is 15.9. The van der Waals surface area contributed by atoms with Gasteiger partial charge in [-0.2, -0.15) is 0 Å². The largest absolute Gasteiger partial charge is 0.496 e. The SMILES string of the molecule is COc1ccccc1CNC(=NCc1ccc([N+](=O)[O-])cc1)NCC1CCCO1.I. The molecular weight excluding hydrogens is 499 g/mol. The van der Waals surface area contributed by atoms with Gasteiger partial charge < -0.3 is 20.1 Å². The lowest BCUT2D eigenvalue weighted by Crippen LogP contribution is -2.40. The van der Waals surface area contributed by atoms with Gasteiger partial charge in [-0.3, -0.25) is 10.1 Å². The van der Waals surface area contributed by atoms with Gasteiger partial charge in [0.05, 0.1) is 24.7 Å². The summed E-state index contributed by atoms with van der Waals surface area (Å²) in [5, 5.41) is 17.5. The number of nitrogens with zero attached hydrogens (tertiary/aromatic N) is 2. The van der Waals surface area contributed by atoms with Gasteiger partial charge in [0.1, 0.15) is 5.75 Å². The number of non-ortho nitro benzene ring substituents is 1. The molecule has 0 aromatic heterocycles. The summed E-state index contributed by atoms with van der Waals surface area (Å²) < 4.78 is 11.1. The summed E-state index contributed by atoms with van der Waals surface area (Å²) in [5.41, 5.74) is 1.99. The van der Waals surface area contributed by atoms with Crippen molar-refractivity contribution in [1.29, 1.82) is 0 Å². The predicted octanol–water partition coefficient (Wildman–Crippen LogP) is 3.64. The number of halogens is 1. The summed E-state index contributed by atoms with van der Waals surface area (Å²) in [6.45, 7) is 2.45. The third kappa shape index (κ3) is 7.13. The number of nitro groups is 1. The molecule has 0 bridgehead atoms. The molecule has 30 heavy (non-hydrogen) atoms. The molecule has 8 nitrogen and oxygen atoms in total. The highest BCUT2D eigenvalue weighted by Crippen LogP contribution is 2.17. The summed E-state index contributed by atoms with van der Waals surface area (Å²) in [6, 6.07) is 14.2. The Bertz CT molecular complexity index is 839. The standard InChI is InChI=1S/C21H26N4O4.HI/c1-28-20-7-3-2-5-17(20)14-23-21(24-15-19-6-4-12-29-19)22-13-16-8-10-18(11-9-16)25(26)27;/h2-3,5,7-11,19H,4,6,12-15H2,1H3,(H2,22,23,24);1H. The fourth-order valence-electron chi connectivity index (χ4n) is 3.11. The van der Waals surface area contributed by atoms with Crippen LogP contribution in [-0.2, 0) is 17.8 Å². The molecular formula is C21H27IN4O4. The van der Waals surface area contributed by atoms with E-state index in [2.05, 4.69) is 15.6 Å². The van der Waals surface area contributed by atoms with E-state index in [0.717, 1.165) is 36.3 Å². The van der Waals surface area contributed by atoms with E-state index in [1.54, 1.807) is 19.2 Å². The molecule has 0 saturated carbocycles. The number of guanidine groups is 1. The highest BCUT2D eigenvalue weighted by molar-refractivity contribution is 14.0. The number of benzene rings is 2. The fourth-order valence-corrected chi connectivity index (χ4v) is 3.11. The summed E-state index contributed by atoms with van der Waals surface area (Å²) in [7, 11) is 1.65. The molecule has 2 aromatic rings. The van der Waals surface area contributed by atoms with Crippen molar-refractivity contribution in [3.05, 3.63) is 69.8 Å². The topological polar surface area (TPSA) is 98.0 Å². The minimum atomic E-state index is -0.406. The first-order chi connectivity index (χ1) is 14.2. The maximum atomic E-state index is 10.8. The molecule has 1 aliphatic rings. The van der Waals surface area contributed by atoms with Gasteiger partial charge in [0.15, 0.2) is 5.96 Å². The molecule has 1 aliphatic heterocycles. The predicted molar refractivity (Wildman–Crippen MR) is 126 cm³/mol. The first-order valence-electron chi connectivity index (χ1n) is 9.64. The van der Waals surface area contributed by atoms with E-state index in [-0.39, 0.29) is 35.8 Å². The molecule has 0 aliphatic carbocycles. The van der Waals surface area contributed by atoms with Crippen molar-refractivity contribution in [2.75, 3.05) is 20.3 Å². The summed E-state index contributed by atoms with van der Waals surface area (Å²) in [6.07, 6.45) is 2.30. The van der Waals surface area contributed by atoms with Crippen molar-refractivity contribution >= 4 is 35.6 Å². The third-order valence-electron chi connectivity index (χ3n) is 4.73. The first-order valence-corrected chi connectivity index (χ1v) is 9.64. The molecule has 9 heteroatoms. The van der Waals surface area contributed by atoms with Gasteiger partial charge in [0.25, 0.3) is 5.69 Å². The molecule has 0 amide bonds. The number of hydrogen-bond acceptors (Lipinski definition) is 5. The number of nitrogens with one attached hydrogen (secondary N) is 2. The number of rotatable bonds is 8. The van der Waals surface area contributed by atoms with Gasteiger partial charge in [0.2, 0.25) is 0 Å². The Morgan fingerprint density at radius 3 is 2.67 bits per heavy atom. The van der Waals surface area contributed by atoms with E-state index >= 15 is 0 Å². The van der Waals surface area contributed by atoms with Crippen LogP contribution in [0.25, 0.3) is 0 Å². The first kappa shape index (κ1) is 23.9. The van der Waals surface area contributed by atoms with Crippen LogP contribution in [0.15, 0.2) is 53.5 Å². The van der Waals surface area contributed by atoms with Crippen molar-refractivity contribution in [1.82, 2.24) is 10.6 Å². The molecule has 1 unspecified atom stereocenters. The fraction of sp³-hybridized carbons (Fsp3) is 0.381. The molecule has 1 fully saturated rings. The van der Waals surface area contributed by atoms with Gasteiger partial charge in [-0.15, -0.1) is 24.0 Å². The number of para-hydroxylation sites is 1. The molecule has 1 saturated heterocycles. The molecule has 3 rings (SSSR count). The average molecular weight is 526 g/mol. The van der Waals surface area contributed by atoms with Crippen molar-refractivity contribution in [3.63, 3.8) is 0 Å². The third-order valence-corrected chi connectivity index (χ3v) is 4.73. The average Bonchev–Trinajstić information content (AvgIpc) is 3.27. The number of hydrogen-bond donors (Lipinski definition) is 2. The van der Waals surface area contributed by atoms with Gasteiger partial charge in [0, 0.05) is 37.4 Å². The van der Waals surface area contributed by atoms with Crippen LogP contribution in [0.1, 0.15) is 24.0 Å². The number of aliphatic imine (C=N–C) groups is 1. The summed E-state index contributed by atoms with van der Waals surface area (Å²) >= 11 is 0. The minimum Gasteiger partial charge on any atom is -0.496 e. The molecule has 1 atom stereocenters. The lowest BCUT2D eigenvalue weighted by Gasteiger charge is -2.16. The lowest BCUT2D eigenvalue weighted by molar-refractivity contribution is -0.384. The van der Waals surface area contributed by atoms with Crippen molar-refractivity contribution in [2.24, 2.45) is 4.99 Å². The van der Waals surface area contributed by atoms with Gasteiger partial charge in [-0.05, 0) is 24.5 Å². The van der Waals surface area contributed by atoms with Crippen LogP contribution in [0.5, 0.6) is 5.75 Å². The smallest absolute Gasteiger partial charge is 0.269 e. The van der Waals surface area contributed by atoms with E-state index in [1.165, 1.54) is 12.1 Å². The van der Waals surface area contributed by atoms with E-state index in [4.69, 9.17) is 9.47 Å². The Morgan fingerprint density at radius 2 is 2.00 bits per heavy atom. The second kappa shape index (κ2) is 12.3. The molecule has 2 aromatic carbocycles. The summed E-state index contributed by atoms with van der Waals surface area (Å²) in [5.74, 6) is 1.47. The zero-order valence-electron chi connectivity index (χ0n) is 16.9. The molecule has 162 valence electrons. The molecule has 0 radical (unpaired) electrons. The van der Waals surface area contributed by atoms with Crippen LogP contribution in [0.2, 0.25) is 0 Å². The Hall–Kier alpha value is -2.40. The van der Waals surface area contributed by atoms with Crippen molar-refractivity contribution in [3.8, 4) is 5.75 Å². The minimum absolute atomic E-state index is 0. The van der Waals surface area contributed by atoms with Gasteiger partial charge >= 0.3 is 0 Å². The van der Waals surface area contributed by atoms with Crippen molar-refractivity contribution < 1.29 is 14.4 Å². The zero-order valence-corrected chi connectivity index (χ0v) is 19.2. The highest BCUT2D eigenvalue weighted by Gasteiger charge is 2.15. The lowest BCUT2D eigenvalue weighted by atomic mass is 10.2.